The van der Waals surface area contributed by atoms with Crippen LogP contribution >= 0.6 is 0 Å². The first-order chi connectivity index (χ1) is 36.4. The van der Waals surface area contributed by atoms with Gasteiger partial charge in [-0.25, -0.2) is 0 Å². The molecule has 3 aliphatic carbocycles. The summed E-state index contributed by atoms with van der Waals surface area (Å²) in [5.41, 5.74) is 26.6. The summed E-state index contributed by atoms with van der Waals surface area (Å²) in [6.07, 6.45) is 23.9. The lowest BCUT2D eigenvalue weighted by Crippen LogP contribution is -2.16. The molecule has 3 aliphatic rings. The Morgan fingerprint density at radius 3 is 0.707 bits per heavy atom. The zero-order valence-corrected chi connectivity index (χ0v) is 43.1. The van der Waals surface area contributed by atoms with Gasteiger partial charge in [-0.15, -0.1) is 0 Å². The van der Waals surface area contributed by atoms with Crippen molar-refractivity contribution in [3.8, 4) is 33.4 Å². The van der Waals surface area contributed by atoms with Crippen LogP contribution in [-0.2, 0) is 16.2 Å². The van der Waals surface area contributed by atoms with E-state index in [0.717, 1.165) is 34.1 Å². The van der Waals surface area contributed by atoms with Crippen molar-refractivity contribution in [3.63, 3.8) is 0 Å². The standard InChI is InChI=1S/C69H56N6/c1-67(2)61-39-45(7-9-47-13-19-57-59-21-15-53(43-65(59)68(3,4)63(57)41-47)74(49-23-31-70-32-24-49)50-25-33-71-34-26-50)11-17-55(61)56-18-12-46(40-62(56)67)8-10-48-14-20-58-60-22-16-54(44-66(60)69(5,6)64(58)42-48)75(51-27-35-72-36-28-51)52-29-37-73-38-30-52/h7-44H,1-6H3/b9-7+,10-8+. The van der Waals surface area contributed by atoms with Gasteiger partial charge < -0.3 is 9.80 Å². The maximum atomic E-state index is 4.29. The third-order valence-corrected chi connectivity index (χ3v) is 16.2. The average molecular weight is 969 g/mol. The molecule has 13 rings (SSSR count). The number of benzene rings is 6. The normalized spacial score (nSPS) is 14.7. The third-order valence-electron chi connectivity index (χ3n) is 16.2. The van der Waals surface area contributed by atoms with Gasteiger partial charge in [0.25, 0.3) is 0 Å². The molecule has 0 unspecified atom stereocenters. The van der Waals surface area contributed by atoms with Crippen LogP contribution in [0.3, 0.4) is 0 Å². The number of aromatic nitrogens is 4. The Morgan fingerprint density at radius 1 is 0.253 bits per heavy atom. The Morgan fingerprint density at radius 2 is 0.467 bits per heavy atom. The van der Waals surface area contributed by atoms with Gasteiger partial charge in [-0.2, -0.15) is 0 Å². The summed E-state index contributed by atoms with van der Waals surface area (Å²) in [6, 6.07) is 58.1. The Labute approximate surface area is 440 Å². The molecule has 6 aromatic carbocycles. The molecular formula is C69H56N6. The van der Waals surface area contributed by atoms with Gasteiger partial charge in [-0.3, -0.25) is 19.9 Å². The second-order valence-electron chi connectivity index (χ2n) is 21.7. The van der Waals surface area contributed by atoms with E-state index in [2.05, 4.69) is 253 Å². The molecule has 6 nitrogen and oxygen atoms in total. The first-order valence-electron chi connectivity index (χ1n) is 25.9. The Hall–Kier alpha value is -9.00. The Kier molecular flexibility index (Phi) is 10.8. The van der Waals surface area contributed by atoms with Gasteiger partial charge >= 0.3 is 0 Å². The summed E-state index contributed by atoms with van der Waals surface area (Å²) in [6.45, 7) is 14.2. The highest BCUT2D eigenvalue weighted by molar-refractivity contribution is 5.90. The smallest absolute Gasteiger partial charge is 0.0492 e. The van der Waals surface area contributed by atoms with Crippen LogP contribution in [0, 0.1) is 0 Å². The zero-order chi connectivity index (χ0) is 51.1. The second kappa shape index (κ2) is 17.6. The van der Waals surface area contributed by atoms with Crippen LogP contribution in [0.5, 0.6) is 0 Å². The minimum Gasteiger partial charge on any atom is -0.310 e. The molecule has 0 bridgehead atoms. The SMILES string of the molecule is CC1(C)c2cc(/C=C/c3ccc4c(c3)C(C)(C)c3cc(N(c5ccncc5)c5ccncc5)ccc3-4)ccc2-c2ccc(/C=C/c3ccc4c(c3)C(C)(C)c3cc(N(c5ccncc5)c5ccncc5)ccc3-4)cc21. The molecule has 75 heavy (non-hydrogen) atoms. The highest BCUT2D eigenvalue weighted by Gasteiger charge is 2.39. The van der Waals surface area contributed by atoms with E-state index in [9.17, 15) is 0 Å². The quantitative estimate of drug-likeness (QED) is 0.127. The summed E-state index contributed by atoms with van der Waals surface area (Å²) < 4.78 is 0. The van der Waals surface area contributed by atoms with Crippen LogP contribution in [0.4, 0.5) is 34.1 Å². The van der Waals surface area contributed by atoms with E-state index in [1.165, 1.54) is 89.0 Å². The topological polar surface area (TPSA) is 58.0 Å². The van der Waals surface area contributed by atoms with Gasteiger partial charge in [0, 0.05) is 99.9 Å². The van der Waals surface area contributed by atoms with E-state index in [0.29, 0.717) is 0 Å². The minimum atomic E-state index is -0.188. The van der Waals surface area contributed by atoms with Gasteiger partial charge in [0.2, 0.25) is 0 Å². The maximum Gasteiger partial charge on any atom is 0.0492 e. The molecule has 0 fully saturated rings. The first kappa shape index (κ1) is 45.8. The van der Waals surface area contributed by atoms with E-state index in [-0.39, 0.29) is 16.2 Å². The number of nitrogens with zero attached hydrogens (tertiary/aromatic N) is 6. The van der Waals surface area contributed by atoms with Crippen molar-refractivity contribution in [2.24, 2.45) is 0 Å². The summed E-state index contributed by atoms with van der Waals surface area (Å²) >= 11 is 0. The molecule has 4 aromatic heterocycles. The average Bonchev–Trinajstić information content (AvgIpc) is 4.05. The highest BCUT2D eigenvalue weighted by atomic mass is 15.2. The second-order valence-corrected chi connectivity index (χ2v) is 21.7. The minimum absolute atomic E-state index is 0.155. The van der Waals surface area contributed by atoms with Crippen molar-refractivity contribution in [3.05, 3.63) is 263 Å². The molecule has 0 N–H and O–H groups in total. The molecule has 0 atom stereocenters. The van der Waals surface area contributed by atoms with Gasteiger partial charge in [-0.1, -0.05) is 151 Å². The molecule has 0 radical (unpaired) electrons. The largest absolute Gasteiger partial charge is 0.310 e. The number of hydrogen-bond acceptors (Lipinski definition) is 6. The molecule has 0 saturated carbocycles. The number of anilines is 6. The Bertz CT molecular complexity index is 3580. The van der Waals surface area contributed by atoms with Crippen molar-refractivity contribution < 1.29 is 0 Å². The van der Waals surface area contributed by atoms with Gasteiger partial charge in [0.15, 0.2) is 0 Å². The predicted molar refractivity (Wildman–Crippen MR) is 310 cm³/mol. The zero-order valence-electron chi connectivity index (χ0n) is 43.1. The van der Waals surface area contributed by atoms with Crippen molar-refractivity contribution in [1.29, 1.82) is 0 Å². The van der Waals surface area contributed by atoms with Crippen LogP contribution in [0.1, 0.15) is 97.2 Å². The molecule has 0 amide bonds. The fraction of sp³-hybridized carbons (Fsp3) is 0.130. The van der Waals surface area contributed by atoms with E-state index >= 15 is 0 Å². The predicted octanol–water partition coefficient (Wildman–Crippen LogP) is 17.5. The number of rotatable bonds is 10. The summed E-state index contributed by atoms with van der Waals surface area (Å²) in [4.78, 5) is 21.7. The third kappa shape index (κ3) is 7.70. The molecule has 0 spiro atoms. The fourth-order valence-electron chi connectivity index (χ4n) is 12.2. The lowest BCUT2D eigenvalue weighted by atomic mass is 9.81. The molecule has 6 heteroatoms. The van der Waals surface area contributed by atoms with Crippen LogP contribution in [0.25, 0.3) is 57.7 Å². The van der Waals surface area contributed by atoms with Crippen molar-refractivity contribution in [2.45, 2.75) is 57.8 Å². The molecular weight excluding hydrogens is 913 g/mol. The van der Waals surface area contributed by atoms with Gasteiger partial charge in [-0.05, 0) is 162 Å². The molecule has 10 aromatic rings. The van der Waals surface area contributed by atoms with Crippen molar-refractivity contribution in [2.75, 3.05) is 9.80 Å². The first-order valence-corrected chi connectivity index (χ1v) is 25.9. The molecule has 0 saturated heterocycles. The number of pyridine rings is 4. The van der Waals surface area contributed by atoms with Crippen molar-refractivity contribution in [1.82, 2.24) is 19.9 Å². The molecule has 4 heterocycles. The number of fused-ring (bicyclic) bond motifs is 9. The number of hydrogen-bond donors (Lipinski definition) is 0. The summed E-state index contributed by atoms with van der Waals surface area (Å²) in [5, 5.41) is 0. The van der Waals surface area contributed by atoms with Crippen LogP contribution in [0.15, 0.2) is 207 Å². The highest BCUT2D eigenvalue weighted by Crippen LogP contribution is 2.54. The summed E-state index contributed by atoms with van der Waals surface area (Å²) in [5.74, 6) is 0. The molecule has 0 aliphatic heterocycles. The van der Waals surface area contributed by atoms with E-state index in [1.807, 2.05) is 49.6 Å². The van der Waals surface area contributed by atoms with Crippen molar-refractivity contribution >= 4 is 58.4 Å². The fourth-order valence-corrected chi connectivity index (χ4v) is 12.2. The van der Waals surface area contributed by atoms with E-state index in [1.54, 1.807) is 0 Å². The summed E-state index contributed by atoms with van der Waals surface area (Å²) in [7, 11) is 0. The molecule has 362 valence electrons. The monoisotopic (exact) mass is 968 g/mol. The van der Waals surface area contributed by atoms with Crippen LogP contribution in [0.2, 0.25) is 0 Å². The lowest BCUT2D eigenvalue weighted by molar-refractivity contribution is 0.660. The van der Waals surface area contributed by atoms with E-state index in [4.69, 9.17) is 0 Å². The lowest BCUT2D eigenvalue weighted by Gasteiger charge is -2.27. The van der Waals surface area contributed by atoms with Crippen LogP contribution in [-0.4, -0.2) is 19.9 Å². The van der Waals surface area contributed by atoms with Crippen LogP contribution < -0.4 is 9.80 Å². The Balaban J connectivity index is 0.731. The van der Waals surface area contributed by atoms with Gasteiger partial charge in [0.05, 0.1) is 0 Å². The van der Waals surface area contributed by atoms with E-state index < -0.39 is 0 Å². The van der Waals surface area contributed by atoms with Gasteiger partial charge in [0.1, 0.15) is 0 Å². The maximum absolute atomic E-state index is 4.29.